The van der Waals surface area contributed by atoms with Crippen LogP contribution < -0.4 is 5.73 Å². The van der Waals surface area contributed by atoms with Gasteiger partial charge in [-0.25, -0.2) is 8.42 Å². The Morgan fingerprint density at radius 2 is 1.62 bits per heavy atom. The third-order valence-corrected chi connectivity index (χ3v) is 6.97. The summed E-state index contributed by atoms with van der Waals surface area (Å²) in [4.78, 5) is 0. The molecule has 0 radical (unpaired) electrons. The van der Waals surface area contributed by atoms with Crippen LogP contribution in [0.25, 0.3) is 0 Å². The van der Waals surface area contributed by atoms with Gasteiger partial charge in [-0.1, -0.05) is 31.4 Å². The van der Waals surface area contributed by atoms with Crippen LogP contribution in [0.2, 0.25) is 0 Å². The van der Waals surface area contributed by atoms with Gasteiger partial charge in [0.1, 0.15) is 0 Å². The molecular formula is C16H24N2O2S. The molecule has 5 heteroatoms. The number of hydrogen-bond donors (Lipinski definition) is 1. The molecule has 2 fully saturated rings. The standard InChI is InChI=1S/C16H24N2O2S/c17-14-8-6-13(7-9-14)12-18(15-10-11-15)21(19,20)16-4-2-1-3-5-16/h6-9,15-16H,1-5,10-12,17H2. The fraction of sp³-hybridized carbons (Fsp3) is 0.625. The van der Waals surface area contributed by atoms with Crippen molar-refractivity contribution in [2.24, 2.45) is 0 Å². The van der Waals surface area contributed by atoms with Crippen LogP contribution in [-0.4, -0.2) is 24.0 Å². The Labute approximate surface area is 127 Å². The molecule has 2 saturated carbocycles. The van der Waals surface area contributed by atoms with Crippen LogP contribution >= 0.6 is 0 Å². The van der Waals surface area contributed by atoms with Crippen LogP contribution in [0, 0.1) is 0 Å². The first-order chi connectivity index (χ1) is 10.1. The average molecular weight is 308 g/mol. The summed E-state index contributed by atoms with van der Waals surface area (Å²) in [5, 5.41) is -0.166. The number of rotatable bonds is 5. The zero-order valence-corrected chi connectivity index (χ0v) is 13.2. The van der Waals surface area contributed by atoms with Crippen LogP contribution in [0.4, 0.5) is 5.69 Å². The maximum atomic E-state index is 12.9. The first kappa shape index (κ1) is 14.9. The third-order valence-electron chi connectivity index (χ3n) is 4.57. The van der Waals surface area contributed by atoms with Crippen LogP contribution in [0.15, 0.2) is 24.3 Å². The number of nitrogens with zero attached hydrogens (tertiary/aromatic N) is 1. The van der Waals surface area contributed by atoms with E-state index >= 15 is 0 Å². The first-order valence-corrected chi connectivity index (χ1v) is 9.43. The molecule has 0 amide bonds. The van der Waals surface area contributed by atoms with Gasteiger partial charge in [0.05, 0.1) is 5.25 Å². The summed E-state index contributed by atoms with van der Waals surface area (Å²) >= 11 is 0. The van der Waals surface area contributed by atoms with E-state index in [0.717, 1.165) is 44.1 Å². The van der Waals surface area contributed by atoms with Gasteiger partial charge in [0.25, 0.3) is 0 Å². The fourth-order valence-electron chi connectivity index (χ4n) is 3.15. The minimum Gasteiger partial charge on any atom is -0.399 e. The number of hydrogen-bond acceptors (Lipinski definition) is 3. The van der Waals surface area contributed by atoms with Crippen molar-refractivity contribution >= 4 is 15.7 Å². The second kappa shape index (κ2) is 5.97. The molecular weight excluding hydrogens is 284 g/mol. The van der Waals surface area contributed by atoms with Gasteiger partial charge in [0, 0.05) is 18.3 Å². The largest absolute Gasteiger partial charge is 0.399 e. The normalized spacial score (nSPS) is 20.8. The Balaban J connectivity index is 1.78. The van der Waals surface area contributed by atoms with E-state index in [2.05, 4.69) is 0 Å². The second-order valence-electron chi connectivity index (χ2n) is 6.32. The molecule has 1 aromatic carbocycles. The predicted octanol–water partition coefficient (Wildman–Crippen LogP) is 2.90. The number of anilines is 1. The number of benzene rings is 1. The van der Waals surface area contributed by atoms with E-state index in [4.69, 9.17) is 5.73 Å². The Kier molecular flexibility index (Phi) is 4.22. The SMILES string of the molecule is Nc1ccc(CN(C2CC2)S(=O)(=O)C2CCCCC2)cc1. The molecule has 0 spiro atoms. The van der Waals surface area contributed by atoms with E-state index in [1.165, 1.54) is 6.42 Å². The van der Waals surface area contributed by atoms with Crippen LogP contribution in [0.1, 0.15) is 50.5 Å². The Morgan fingerprint density at radius 1 is 1.00 bits per heavy atom. The molecule has 0 saturated heterocycles. The van der Waals surface area contributed by atoms with Crippen molar-refractivity contribution in [3.63, 3.8) is 0 Å². The summed E-state index contributed by atoms with van der Waals surface area (Å²) < 4.78 is 27.6. The highest BCUT2D eigenvalue weighted by Gasteiger charge is 2.41. The molecule has 1 aromatic rings. The summed E-state index contributed by atoms with van der Waals surface area (Å²) in [7, 11) is -3.17. The summed E-state index contributed by atoms with van der Waals surface area (Å²) in [5.41, 5.74) is 7.44. The maximum Gasteiger partial charge on any atom is 0.217 e. The zero-order valence-electron chi connectivity index (χ0n) is 12.4. The molecule has 4 nitrogen and oxygen atoms in total. The van der Waals surface area contributed by atoms with Gasteiger partial charge in [0.2, 0.25) is 10.0 Å². The van der Waals surface area contributed by atoms with Gasteiger partial charge in [-0.15, -0.1) is 0 Å². The average Bonchev–Trinajstić information content (AvgIpc) is 3.32. The predicted molar refractivity (Wildman–Crippen MR) is 85.2 cm³/mol. The molecule has 0 atom stereocenters. The van der Waals surface area contributed by atoms with Crippen molar-refractivity contribution in [2.75, 3.05) is 5.73 Å². The molecule has 2 aliphatic carbocycles. The lowest BCUT2D eigenvalue weighted by Gasteiger charge is -2.29. The van der Waals surface area contributed by atoms with E-state index in [-0.39, 0.29) is 11.3 Å². The van der Waals surface area contributed by atoms with Crippen LogP contribution in [0.3, 0.4) is 0 Å². The topological polar surface area (TPSA) is 63.4 Å². The second-order valence-corrected chi connectivity index (χ2v) is 8.49. The fourth-order valence-corrected chi connectivity index (χ4v) is 5.41. The van der Waals surface area contributed by atoms with Gasteiger partial charge in [-0.05, 0) is 43.4 Å². The minimum absolute atomic E-state index is 0.166. The molecule has 0 bridgehead atoms. The lowest BCUT2D eigenvalue weighted by Crippen LogP contribution is -2.40. The van der Waals surface area contributed by atoms with E-state index in [1.54, 1.807) is 4.31 Å². The highest BCUT2D eigenvalue weighted by Crippen LogP contribution is 2.35. The Morgan fingerprint density at radius 3 is 2.19 bits per heavy atom. The smallest absolute Gasteiger partial charge is 0.217 e. The van der Waals surface area contributed by atoms with Crippen molar-refractivity contribution in [1.29, 1.82) is 0 Å². The molecule has 0 unspecified atom stereocenters. The summed E-state index contributed by atoms with van der Waals surface area (Å²) in [6.45, 7) is 0.490. The highest BCUT2D eigenvalue weighted by molar-refractivity contribution is 7.89. The first-order valence-electron chi connectivity index (χ1n) is 7.92. The van der Waals surface area contributed by atoms with Gasteiger partial charge in [-0.3, -0.25) is 0 Å². The van der Waals surface area contributed by atoms with Gasteiger partial charge in [-0.2, -0.15) is 4.31 Å². The third kappa shape index (κ3) is 3.40. The van der Waals surface area contributed by atoms with Crippen LogP contribution in [-0.2, 0) is 16.6 Å². The van der Waals surface area contributed by atoms with Gasteiger partial charge in [0.15, 0.2) is 0 Å². The van der Waals surface area contributed by atoms with Gasteiger partial charge >= 0.3 is 0 Å². The molecule has 2 N–H and O–H groups in total. The molecule has 21 heavy (non-hydrogen) atoms. The number of sulfonamides is 1. The van der Waals surface area contributed by atoms with Crippen molar-refractivity contribution in [2.45, 2.75) is 62.8 Å². The molecule has 0 aliphatic heterocycles. The molecule has 2 aliphatic rings. The highest BCUT2D eigenvalue weighted by atomic mass is 32.2. The number of nitrogen functional groups attached to an aromatic ring is 1. The summed E-state index contributed by atoms with van der Waals surface area (Å²) in [5.74, 6) is 0. The molecule has 116 valence electrons. The Bertz CT molecular complexity index is 573. The van der Waals surface area contributed by atoms with E-state index in [9.17, 15) is 8.42 Å². The van der Waals surface area contributed by atoms with E-state index in [1.807, 2.05) is 24.3 Å². The van der Waals surface area contributed by atoms with Crippen molar-refractivity contribution in [3.05, 3.63) is 29.8 Å². The Hall–Kier alpha value is -1.07. The molecule has 0 heterocycles. The zero-order chi connectivity index (χ0) is 14.9. The lowest BCUT2D eigenvalue weighted by molar-refractivity contribution is 0.376. The van der Waals surface area contributed by atoms with Crippen molar-refractivity contribution in [3.8, 4) is 0 Å². The molecule has 3 rings (SSSR count). The van der Waals surface area contributed by atoms with Crippen molar-refractivity contribution in [1.82, 2.24) is 4.31 Å². The monoisotopic (exact) mass is 308 g/mol. The maximum absolute atomic E-state index is 12.9. The quantitative estimate of drug-likeness (QED) is 0.851. The van der Waals surface area contributed by atoms with E-state index < -0.39 is 10.0 Å². The van der Waals surface area contributed by atoms with Crippen molar-refractivity contribution < 1.29 is 8.42 Å². The minimum atomic E-state index is -3.17. The van der Waals surface area contributed by atoms with Gasteiger partial charge < -0.3 is 5.73 Å². The number of nitrogens with two attached hydrogens (primary N) is 1. The summed E-state index contributed by atoms with van der Waals surface area (Å²) in [6, 6.07) is 7.76. The molecule has 0 aromatic heterocycles. The van der Waals surface area contributed by atoms with Crippen LogP contribution in [0.5, 0.6) is 0 Å². The summed E-state index contributed by atoms with van der Waals surface area (Å²) in [6.07, 6.45) is 6.92. The lowest BCUT2D eigenvalue weighted by atomic mass is 10.0. The van der Waals surface area contributed by atoms with E-state index in [0.29, 0.717) is 12.2 Å².